The number of nitrogens with zero attached hydrogens (tertiary/aromatic N) is 2. The Balaban J connectivity index is 1.49. The van der Waals surface area contributed by atoms with Crippen molar-refractivity contribution in [3.8, 4) is 0 Å². The summed E-state index contributed by atoms with van der Waals surface area (Å²) in [5.41, 5.74) is 1.34. The third kappa shape index (κ3) is 3.15. The third-order valence-electron chi connectivity index (χ3n) is 4.60. The van der Waals surface area contributed by atoms with Gasteiger partial charge < -0.3 is 9.62 Å². The number of hydrogen-bond donors (Lipinski definition) is 1. The average molecular weight is 295 g/mol. The van der Waals surface area contributed by atoms with E-state index in [1.165, 1.54) is 38.2 Å². The van der Waals surface area contributed by atoms with Crippen LogP contribution >= 0.6 is 12.1 Å². The molecule has 4 rings (SSSR count). The molecule has 0 aliphatic carbocycles. The normalized spacial score (nSPS) is 32.1. The molecule has 5 heteroatoms. The van der Waals surface area contributed by atoms with E-state index < -0.39 is 0 Å². The summed E-state index contributed by atoms with van der Waals surface area (Å²) in [6, 6.07) is 0. The van der Waals surface area contributed by atoms with E-state index in [1.807, 2.05) is 10.5 Å². The lowest BCUT2D eigenvalue weighted by atomic mass is 9.77. The molecule has 0 radical (unpaired) electrons. The van der Waals surface area contributed by atoms with Gasteiger partial charge >= 0.3 is 0 Å². The molecule has 4 nitrogen and oxygen atoms in total. The lowest BCUT2D eigenvalue weighted by Crippen LogP contribution is -2.49. The van der Waals surface area contributed by atoms with Crippen molar-refractivity contribution in [3.05, 3.63) is 24.6 Å². The van der Waals surface area contributed by atoms with E-state index in [2.05, 4.69) is 22.4 Å². The van der Waals surface area contributed by atoms with Crippen LogP contribution in [0.15, 0.2) is 24.6 Å². The fraction of sp³-hybridized carbons (Fsp3) is 0.733. The van der Waals surface area contributed by atoms with Gasteiger partial charge in [-0.25, -0.2) is 0 Å². The summed E-state index contributed by atoms with van der Waals surface area (Å²) in [5, 5.41) is 0. The van der Waals surface area contributed by atoms with Crippen LogP contribution < -0.4 is 4.72 Å². The van der Waals surface area contributed by atoms with E-state index in [9.17, 15) is 0 Å². The van der Waals surface area contributed by atoms with Gasteiger partial charge in [-0.1, -0.05) is 6.08 Å². The molecule has 0 saturated carbocycles. The van der Waals surface area contributed by atoms with Gasteiger partial charge in [0.25, 0.3) is 0 Å². The van der Waals surface area contributed by atoms with Gasteiger partial charge in [-0.05, 0) is 51.1 Å². The Morgan fingerprint density at radius 1 is 1.40 bits per heavy atom. The van der Waals surface area contributed by atoms with E-state index in [0.717, 1.165) is 31.8 Å². The average Bonchev–Trinajstić information content (AvgIpc) is 2.96. The van der Waals surface area contributed by atoms with Gasteiger partial charge in [-0.3, -0.25) is 4.84 Å². The predicted molar refractivity (Wildman–Crippen MR) is 83.3 cm³/mol. The lowest BCUT2D eigenvalue weighted by molar-refractivity contribution is -0.0676. The molecule has 4 heterocycles. The van der Waals surface area contributed by atoms with Gasteiger partial charge in [-0.2, -0.15) is 4.47 Å². The van der Waals surface area contributed by atoms with Crippen molar-refractivity contribution in [2.75, 3.05) is 26.2 Å². The Labute approximate surface area is 126 Å². The molecule has 0 amide bonds. The minimum Gasteiger partial charge on any atom is -0.315 e. The molecule has 0 aromatic carbocycles. The van der Waals surface area contributed by atoms with Gasteiger partial charge in [0, 0.05) is 18.7 Å². The summed E-state index contributed by atoms with van der Waals surface area (Å²) < 4.78 is 5.27. The van der Waals surface area contributed by atoms with E-state index in [4.69, 9.17) is 4.84 Å². The second-order valence-corrected chi connectivity index (χ2v) is 6.65. The van der Waals surface area contributed by atoms with Gasteiger partial charge in [0.15, 0.2) is 0 Å². The minimum atomic E-state index is 0.646. The van der Waals surface area contributed by atoms with E-state index in [1.54, 1.807) is 12.1 Å². The van der Waals surface area contributed by atoms with Crippen molar-refractivity contribution in [3.63, 3.8) is 0 Å². The van der Waals surface area contributed by atoms with Gasteiger partial charge in [0.1, 0.15) is 0 Å². The molecule has 2 bridgehead atoms. The summed E-state index contributed by atoms with van der Waals surface area (Å²) in [5.74, 6) is 1.49. The number of unbranched alkanes of at least 4 members (excludes halogenated alkanes) is 2. The van der Waals surface area contributed by atoms with Gasteiger partial charge in [-0.15, -0.1) is 6.58 Å². The largest absolute Gasteiger partial charge is 0.315 e. The molecule has 0 spiro atoms. The highest BCUT2D eigenvalue weighted by molar-refractivity contribution is 7.95. The fourth-order valence-corrected chi connectivity index (χ4v) is 4.11. The summed E-state index contributed by atoms with van der Waals surface area (Å²) in [7, 11) is 0. The van der Waals surface area contributed by atoms with Crippen LogP contribution in [0, 0.1) is 11.8 Å². The van der Waals surface area contributed by atoms with Crippen LogP contribution in [0.4, 0.5) is 0 Å². The number of rotatable bonds is 7. The highest BCUT2D eigenvalue weighted by atomic mass is 32.2. The number of hydroxylamine groups is 1. The number of hydrogen-bond acceptors (Lipinski definition) is 5. The molecule has 4 aliphatic heterocycles. The smallest absolute Gasteiger partial charge is 0.0947 e. The van der Waals surface area contributed by atoms with Gasteiger partial charge in [0.2, 0.25) is 0 Å². The van der Waals surface area contributed by atoms with E-state index >= 15 is 0 Å². The molecule has 0 aromatic heterocycles. The van der Waals surface area contributed by atoms with Crippen molar-refractivity contribution in [1.82, 2.24) is 14.1 Å². The first kappa shape index (κ1) is 14.3. The molecule has 1 N–H and O–H groups in total. The van der Waals surface area contributed by atoms with Crippen LogP contribution in [0.3, 0.4) is 0 Å². The molecule has 4 aliphatic rings. The zero-order chi connectivity index (χ0) is 13.8. The number of fused-ring (bicyclic) bond motifs is 3. The molecular formula is C15H25N3OS. The highest BCUT2D eigenvalue weighted by Crippen LogP contribution is 2.40. The van der Waals surface area contributed by atoms with Crippen molar-refractivity contribution < 1.29 is 4.84 Å². The Morgan fingerprint density at radius 3 is 2.95 bits per heavy atom. The van der Waals surface area contributed by atoms with Crippen molar-refractivity contribution in [2.45, 2.75) is 32.1 Å². The van der Waals surface area contributed by atoms with E-state index in [-0.39, 0.29) is 0 Å². The fourth-order valence-electron chi connectivity index (χ4n) is 3.42. The molecule has 0 aromatic rings. The third-order valence-corrected chi connectivity index (χ3v) is 5.31. The lowest BCUT2D eigenvalue weighted by Gasteiger charge is -2.45. The maximum absolute atomic E-state index is 5.94. The molecule has 20 heavy (non-hydrogen) atoms. The molecule has 1 atom stereocenters. The van der Waals surface area contributed by atoms with Crippen molar-refractivity contribution in [1.29, 1.82) is 0 Å². The number of allylic oxidation sites excluding steroid dienone is 1. The summed E-state index contributed by atoms with van der Waals surface area (Å²) in [4.78, 5) is 8.53. The van der Waals surface area contributed by atoms with Crippen molar-refractivity contribution >= 4 is 12.1 Å². The van der Waals surface area contributed by atoms with Crippen LogP contribution in [0.2, 0.25) is 0 Å². The highest BCUT2D eigenvalue weighted by Gasteiger charge is 2.39. The van der Waals surface area contributed by atoms with Gasteiger partial charge in [0.05, 0.1) is 24.4 Å². The maximum Gasteiger partial charge on any atom is 0.0947 e. The first-order valence-electron chi connectivity index (χ1n) is 7.77. The Bertz CT molecular complexity index is 366. The maximum atomic E-state index is 5.94. The first-order chi connectivity index (χ1) is 9.88. The molecule has 1 unspecified atom stereocenters. The number of piperidine rings is 3. The standard InChI is InChI=1S/C15H25N3OS/c1-2-3-4-5-10-19-18-15(11-16-20-18)14-12-17-8-6-13(14)7-9-17/h2,11,13-14,16H,1,3-10,12H2. The second-order valence-electron chi connectivity index (χ2n) is 5.90. The summed E-state index contributed by atoms with van der Waals surface area (Å²) in [6.45, 7) is 8.33. The molecule has 3 fully saturated rings. The van der Waals surface area contributed by atoms with Crippen LogP contribution in [0.25, 0.3) is 0 Å². The number of nitrogens with one attached hydrogen (secondary N) is 1. The summed E-state index contributed by atoms with van der Waals surface area (Å²) in [6.07, 6.45) is 10.1. The van der Waals surface area contributed by atoms with Crippen LogP contribution in [-0.2, 0) is 4.84 Å². The quantitative estimate of drug-likeness (QED) is 0.443. The zero-order valence-corrected chi connectivity index (χ0v) is 12.9. The zero-order valence-electron chi connectivity index (χ0n) is 12.1. The molecule has 3 saturated heterocycles. The van der Waals surface area contributed by atoms with E-state index in [0.29, 0.717) is 5.92 Å². The molecule has 112 valence electrons. The van der Waals surface area contributed by atoms with Crippen LogP contribution in [-0.4, -0.2) is 35.6 Å². The Hall–Kier alpha value is -0.650. The minimum absolute atomic E-state index is 0.646. The summed E-state index contributed by atoms with van der Waals surface area (Å²) >= 11 is 1.57. The van der Waals surface area contributed by atoms with Crippen molar-refractivity contribution in [2.24, 2.45) is 11.8 Å². The topological polar surface area (TPSA) is 27.7 Å². The first-order valence-corrected chi connectivity index (χ1v) is 8.54. The molecular weight excluding hydrogens is 270 g/mol. The SMILES string of the molecule is C=CCCCCON1SNC=C1C1CN2CCC1CC2. The Morgan fingerprint density at radius 2 is 2.25 bits per heavy atom. The monoisotopic (exact) mass is 295 g/mol. The Kier molecular flexibility index (Phi) is 4.91. The van der Waals surface area contributed by atoms with Crippen LogP contribution in [0.5, 0.6) is 0 Å². The predicted octanol–water partition coefficient (Wildman–Crippen LogP) is 2.93. The second kappa shape index (κ2) is 6.87. The van der Waals surface area contributed by atoms with Crippen LogP contribution in [0.1, 0.15) is 32.1 Å².